The highest BCUT2D eigenvalue weighted by Gasteiger charge is 2.50. The molecular weight excluding hydrogens is 267 g/mol. The number of anilines is 1. The van der Waals surface area contributed by atoms with E-state index in [0.29, 0.717) is 18.2 Å². The molecule has 5 nitrogen and oxygen atoms in total. The Morgan fingerprint density at radius 3 is 2.48 bits per heavy atom. The normalized spacial score (nSPS) is 20.1. The summed E-state index contributed by atoms with van der Waals surface area (Å²) in [5, 5.41) is 0. The molecule has 2 N–H and O–H groups in total. The van der Waals surface area contributed by atoms with Crippen LogP contribution in [-0.2, 0) is 9.31 Å². The number of pyridine rings is 1. The summed E-state index contributed by atoms with van der Waals surface area (Å²) in [5.41, 5.74) is 5.84. The minimum atomic E-state index is -0.387. The second-order valence-electron chi connectivity index (χ2n) is 6.06. The third-order valence-electron chi connectivity index (χ3n) is 3.92. The molecule has 0 bridgehead atoms. The van der Waals surface area contributed by atoms with Crippen LogP contribution in [0.15, 0.2) is 18.2 Å². The summed E-state index contributed by atoms with van der Waals surface area (Å²) in [5.74, 6) is 3.01. The van der Waals surface area contributed by atoms with Gasteiger partial charge in [0, 0.05) is 17.8 Å². The summed E-state index contributed by atoms with van der Waals surface area (Å²) in [7, 11) is -0.387. The molecule has 0 unspecified atom stereocenters. The molecule has 2 heterocycles. The molecule has 1 saturated heterocycles. The third-order valence-corrected chi connectivity index (χ3v) is 3.92. The summed E-state index contributed by atoms with van der Waals surface area (Å²) in [6.07, 6.45) is 3.57. The lowest BCUT2D eigenvalue weighted by atomic mass is 9.89. The quantitative estimate of drug-likeness (QED) is 0.864. The van der Waals surface area contributed by atoms with Gasteiger partial charge in [-0.25, -0.2) is 4.98 Å². The molecule has 0 aromatic carbocycles. The van der Waals surface area contributed by atoms with Crippen LogP contribution in [0.3, 0.4) is 0 Å². The van der Waals surface area contributed by atoms with Crippen molar-refractivity contribution in [2.24, 2.45) is 0 Å². The van der Waals surface area contributed by atoms with Crippen molar-refractivity contribution in [3.05, 3.63) is 23.8 Å². The number of nitrogen functional groups attached to an aromatic ring is 1. The number of aromatic nitrogens is 1. The summed E-state index contributed by atoms with van der Waals surface area (Å²) in [6.45, 7) is 10.6. The van der Waals surface area contributed by atoms with Gasteiger partial charge in [-0.2, -0.15) is 0 Å². The predicted molar refractivity (Wildman–Crippen MR) is 84.9 cm³/mol. The summed E-state index contributed by atoms with van der Waals surface area (Å²) in [4.78, 5) is 4.09. The number of hydrogen-bond acceptors (Lipinski definition) is 5. The first kappa shape index (κ1) is 15.9. The lowest BCUT2D eigenvalue weighted by Crippen LogP contribution is -2.41. The first-order chi connectivity index (χ1) is 9.75. The maximum atomic E-state index is 5.91. The largest absolute Gasteiger partial charge is 0.493 e. The minimum absolute atomic E-state index is 0.343. The van der Waals surface area contributed by atoms with Gasteiger partial charge in [0.15, 0.2) is 0 Å². The second-order valence-corrected chi connectivity index (χ2v) is 6.06. The molecule has 1 aromatic rings. The Morgan fingerprint density at radius 1 is 1.29 bits per heavy atom. The van der Waals surface area contributed by atoms with Crippen molar-refractivity contribution in [2.45, 2.75) is 45.8 Å². The van der Waals surface area contributed by atoms with Gasteiger partial charge in [0.25, 0.3) is 0 Å². The molecule has 2 rings (SSSR count). The van der Waals surface area contributed by atoms with Crippen LogP contribution in [0.1, 0.15) is 40.2 Å². The molecule has 6 heteroatoms. The van der Waals surface area contributed by atoms with Gasteiger partial charge in [-0.3, -0.25) is 0 Å². The molecule has 0 radical (unpaired) electrons. The van der Waals surface area contributed by atoms with Crippen molar-refractivity contribution in [3.63, 3.8) is 0 Å². The average molecular weight is 290 g/mol. The van der Waals surface area contributed by atoms with Gasteiger partial charge in [-0.15, -0.1) is 0 Å². The molecule has 0 aliphatic carbocycles. The Bertz CT molecular complexity index is 528. The molecule has 1 aromatic heterocycles. The third kappa shape index (κ3) is 3.39. The Morgan fingerprint density at radius 2 is 1.90 bits per heavy atom. The average Bonchev–Trinajstić information content (AvgIpc) is 2.57. The fourth-order valence-corrected chi connectivity index (χ4v) is 2.02. The molecule has 21 heavy (non-hydrogen) atoms. The molecule has 0 spiro atoms. The topological polar surface area (TPSA) is 66.6 Å². The van der Waals surface area contributed by atoms with E-state index in [1.165, 1.54) is 0 Å². The zero-order valence-corrected chi connectivity index (χ0v) is 13.3. The number of nitrogens with zero attached hydrogens (tertiary/aromatic N) is 1. The molecule has 1 aliphatic rings. The summed E-state index contributed by atoms with van der Waals surface area (Å²) in [6, 6.07) is 1.72. The monoisotopic (exact) mass is 290 g/mol. The first-order valence-electron chi connectivity index (χ1n) is 7.17. The van der Waals surface area contributed by atoms with Crippen LogP contribution in [0, 0.1) is 0 Å². The van der Waals surface area contributed by atoms with Gasteiger partial charge in [0.1, 0.15) is 11.6 Å². The van der Waals surface area contributed by atoms with E-state index in [1.807, 2.05) is 46.7 Å². The van der Waals surface area contributed by atoms with Crippen LogP contribution in [0.5, 0.6) is 5.75 Å². The number of nitrogens with two attached hydrogens (primary N) is 1. The molecule has 0 atom stereocenters. The number of hydrogen-bond donors (Lipinski definition) is 1. The standard InChI is InChI=1S/C15H23BN2O3/c1-6-19-12-9-13(17)18-10-11(12)7-8-16-20-14(2,3)15(4,5)21-16/h7-10H,6H2,1-5H3,(H2,17,18)/b8-7+. The SMILES string of the molecule is CCOc1cc(N)ncc1/C=C/B1OC(C)(C)C(C)(C)O1. The van der Waals surface area contributed by atoms with Crippen molar-refractivity contribution in [1.29, 1.82) is 0 Å². The van der Waals surface area contributed by atoms with Crippen LogP contribution in [0.25, 0.3) is 6.08 Å². The molecule has 1 fully saturated rings. The first-order valence-corrected chi connectivity index (χ1v) is 7.17. The van der Waals surface area contributed by atoms with E-state index in [4.69, 9.17) is 19.8 Å². The van der Waals surface area contributed by atoms with E-state index in [9.17, 15) is 0 Å². The summed E-state index contributed by atoms with van der Waals surface area (Å²) < 4.78 is 17.4. The van der Waals surface area contributed by atoms with Gasteiger partial charge >= 0.3 is 7.12 Å². The van der Waals surface area contributed by atoms with Crippen LogP contribution in [0.2, 0.25) is 0 Å². The predicted octanol–water partition coefficient (Wildman–Crippen LogP) is 2.71. The smallest absolute Gasteiger partial charge is 0.487 e. The van der Waals surface area contributed by atoms with E-state index >= 15 is 0 Å². The lowest BCUT2D eigenvalue weighted by Gasteiger charge is -2.32. The van der Waals surface area contributed by atoms with Gasteiger partial charge in [-0.1, -0.05) is 12.1 Å². The zero-order chi connectivity index (χ0) is 15.7. The van der Waals surface area contributed by atoms with E-state index in [-0.39, 0.29) is 18.3 Å². The Kier molecular flexibility index (Phi) is 4.30. The van der Waals surface area contributed by atoms with Crippen molar-refractivity contribution in [1.82, 2.24) is 4.98 Å². The van der Waals surface area contributed by atoms with Crippen LogP contribution in [0.4, 0.5) is 5.82 Å². The lowest BCUT2D eigenvalue weighted by molar-refractivity contribution is 0.00578. The van der Waals surface area contributed by atoms with Crippen LogP contribution < -0.4 is 10.5 Å². The highest BCUT2D eigenvalue weighted by atomic mass is 16.7. The van der Waals surface area contributed by atoms with Gasteiger partial charge in [0.05, 0.1) is 17.8 Å². The maximum absolute atomic E-state index is 5.91. The number of ether oxygens (including phenoxy) is 1. The van der Waals surface area contributed by atoms with Crippen LogP contribution >= 0.6 is 0 Å². The molecule has 0 amide bonds. The van der Waals surface area contributed by atoms with Gasteiger partial charge < -0.3 is 19.8 Å². The Labute approximate surface area is 126 Å². The van der Waals surface area contributed by atoms with Crippen molar-refractivity contribution in [2.75, 3.05) is 12.3 Å². The molecule has 1 aliphatic heterocycles. The number of rotatable bonds is 4. The van der Waals surface area contributed by atoms with Gasteiger partial charge in [-0.05, 0) is 34.6 Å². The molecule has 114 valence electrons. The maximum Gasteiger partial charge on any atom is 0.487 e. The Balaban J connectivity index is 2.16. The second kappa shape index (κ2) is 5.69. The zero-order valence-electron chi connectivity index (χ0n) is 13.3. The highest BCUT2D eigenvalue weighted by molar-refractivity contribution is 6.52. The fourth-order valence-electron chi connectivity index (χ4n) is 2.02. The molecular formula is C15H23BN2O3. The van der Waals surface area contributed by atoms with Crippen molar-refractivity contribution in [3.8, 4) is 5.75 Å². The van der Waals surface area contributed by atoms with Crippen molar-refractivity contribution >= 4 is 19.0 Å². The van der Waals surface area contributed by atoms with Crippen molar-refractivity contribution < 1.29 is 14.0 Å². The fraction of sp³-hybridized carbons (Fsp3) is 0.533. The van der Waals surface area contributed by atoms with E-state index in [2.05, 4.69) is 4.98 Å². The minimum Gasteiger partial charge on any atom is -0.493 e. The van der Waals surface area contributed by atoms with E-state index < -0.39 is 0 Å². The highest BCUT2D eigenvalue weighted by Crippen LogP contribution is 2.37. The summed E-state index contributed by atoms with van der Waals surface area (Å²) >= 11 is 0. The van der Waals surface area contributed by atoms with Crippen LogP contribution in [-0.4, -0.2) is 29.9 Å². The molecule has 0 saturated carbocycles. The Hall–Kier alpha value is -1.53. The van der Waals surface area contributed by atoms with E-state index in [0.717, 1.165) is 5.56 Å². The van der Waals surface area contributed by atoms with E-state index in [1.54, 1.807) is 12.3 Å². The van der Waals surface area contributed by atoms with Gasteiger partial charge in [0.2, 0.25) is 0 Å².